The SMILES string of the molecule is CCN1CCC(N(C)C2CCCNC2)CC1. The van der Waals surface area contributed by atoms with E-state index < -0.39 is 0 Å². The van der Waals surface area contributed by atoms with Crippen LogP contribution in [0.2, 0.25) is 0 Å². The molecule has 0 aliphatic carbocycles. The van der Waals surface area contributed by atoms with Crippen LogP contribution >= 0.6 is 0 Å². The highest BCUT2D eigenvalue weighted by molar-refractivity contribution is 4.84. The third-order valence-electron chi connectivity index (χ3n) is 4.43. The average Bonchev–Trinajstić information content (AvgIpc) is 2.39. The molecular weight excluding hydrogens is 198 g/mol. The molecule has 0 spiro atoms. The fourth-order valence-corrected chi connectivity index (χ4v) is 3.12. The van der Waals surface area contributed by atoms with Crippen LogP contribution in [0.25, 0.3) is 0 Å². The van der Waals surface area contributed by atoms with Crippen molar-refractivity contribution in [1.82, 2.24) is 15.1 Å². The van der Waals surface area contributed by atoms with Crippen LogP contribution in [-0.4, -0.2) is 61.7 Å². The second-order valence-electron chi connectivity index (χ2n) is 5.33. The normalized spacial score (nSPS) is 29.8. The molecule has 2 heterocycles. The standard InChI is InChI=1S/C13H27N3/c1-3-16-9-6-12(7-10-16)15(2)13-5-4-8-14-11-13/h12-14H,3-11H2,1-2H3. The number of piperidine rings is 2. The third-order valence-corrected chi connectivity index (χ3v) is 4.43. The van der Waals surface area contributed by atoms with Crippen LogP contribution in [0, 0.1) is 0 Å². The van der Waals surface area contributed by atoms with Gasteiger partial charge in [-0.2, -0.15) is 0 Å². The minimum absolute atomic E-state index is 0.784. The second-order valence-corrected chi connectivity index (χ2v) is 5.33. The van der Waals surface area contributed by atoms with Crippen molar-refractivity contribution in [2.24, 2.45) is 0 Å². The molecule has 0 radical (unpaired) electrons. The molecule has 16 heavy (non-hydrogen) atoms. The van der Waals surface area contributed by atoms with Crippen LogP contribution in [0.5, 0.6) is 0 Å². The van der Waals surface area contributed by atoms with Gasteiger partial charge >= 0.3 is 0 Å². The van der Waals surface area contributed by atoms with Gasteiger partial charge in [-0.3, -0.25) is 4.90 Å². The number of hydrogen-bond donors (Lipinski definition) is 1. The molecule has 2 rings (SSSR count). The zero-order valence-electron chi connectivity index (χ0n) is 10.9. The van der Waals surface area contributed by atoms with E-state index in [4.69, 9.17) is 0 Å². The van der Waals surface area contributed by atoms with Crippen molar-refractivity contribution in [3.63, 3.8) is 0 Å². The zero-order valence-corrected chi connectivity index (χ0v) is 10.9. The van der Waals surface area contributed by atoms with E-state index in [1.807, 2.05) is 0 Å². The lowest BCUT2D eigenvalue weighted by molar-refractivity contribution is 0.0872. The van der Waals surface area contributed by atoms with Gasteiger partial charge in [0, 0.05) is 18.6 Å². The van der Waals surface area contributed by atoms with E-state index in [1.54, 1.807) is 0 Å². The van der Waals surface area contributed by atoms with Gasteiger partial charge in [0.05, 0.1) is 0 Å². The number of nitrogens with one attached hydrogen (secondary N) is 1. The molecule has 2 aliphatic heterocycles. The first-order valence-corrected chi connectivity index (χ1v) is 6.96. The van der Waals surface area contributed by atoms with Gasteiger partial charge in [0.2, 0.25) is 0 Å². The number of rotatable bonds is 3. The Morgan fingerprint density at radius 1 is 1.19 bits per heavy atom. The highest BCUT2D eigenvalue weighted by Gasteiger charge is 2.27. The molecule has 1 atom stereocenters. The van der Waals surface area contributed by atoms with E-state index in [1.165, 1.54) is 58.4 Å². The molecule has 3 nitrogen and oxygen atoms in total. The molecule has 2 fully saturated rings. The minimum Gasteiger partial charge on any atom is -0.315 e. The topological polar surface area (TPSA) is 18.5 Å². The van der Waals surface area contributed by atoms with Gasteiger partial charge in [-0.05, 0) is 58.9 Å². The summed E-state index contributed by atoms with van der Waals surface area (Å²) in [6.45, 7) is 8.51. The molecule has 0 aromatic rings. The summed E-state index contributed by atoms with van der Waals surface area (Å²) in [6.07, 6.45) is 5.46. The third kappa shape index (κ3) is 2.96. The number of likely N-dealkylation sites (N-methyl/N-ethyl adjacent to an activating group) is 1. The maximum atomic E-state index is 3.52. The highest BCUT2D eigenvalue weighted by Crippen LogP contribution is 2.19. The molecule has 0 aromatic carbocycles. The molecule has 0 saturated carbocycles. The Kier molecular flexibility index (Phi) is 4.62. The summed E-state index contributed by atoms with van der Waals surface area (Å²) in [5.41, 5.74) is 0. The Labute approximate surface area is 100 Å². The summed E-state index contributed by atoms with van der Waals surface area (Å²) >= 11 is 0. The van der Waals surface area contributed by atoms with Crippen LogP contribution in [0.1, 0.15) is 32.6 Å². The van der Waals surface area contributed by atoms with Crippen molar-refractivity contribution in [3.05, 3.63) is 0 Å². The summed E-state index contributed by atoms with van der Waals surface area (Å²) in [6, 6.07) is 1.61. The fraction of sp³-hybridized carbons (Fsp3) is 1.00. The predicted molar refractivity (Wildman–Crippen MR) is 68.8 cm³/mol. The molecule has 1 unspecified atom stereocenters. The number of likely N-dealkylation sites (tertiary alicyclic amines) is 1. The summed E-state index contributed by atoms with van der Waals surface area (Å²) in [7, 11) is 2.34. The van der Waals surface area contributed by atoms with E-state index in [-0.39, 0.29) is 0 Å². The van der Waals surface area contributed by atoms with Crippen molar-refractivity contribution < 1.29 is 0 Å². The Morgan fingerprint density at radius 2 is 1.94 bits per heavy atom. The molecular formula is C13H27N3. The fourth-order valence-electron chi connectivity index (χ4n) is 3.12. The molecule has 2 aliphatic rings. The lowest BCUT2D eigenvalue weighted by atomic mass is 9.99. The van der Waals surface area contributed by atoms with Gasteiger partial charge in [0.1, 0.15) is 0 Å². The van der Waals surface area contributed by atoms with Crippen LogP contribution in [0.3, 0.4) is 0 Å². The first-order valence-electron chi connectivity index (χ1n) is 6.96. The first-order chi connectivity index (χ1) is 7.81. The van der Waals surface area contributed by atoms with Gasteiger partial charge in [0.25, 0.3) is 0 Å². The maximum absolute atomic E-state index is 3.52. The first kappa shape index (κ1) is 12.3. The van der Waals surface area contributed by atoms with Gasteiger partial charge in [0.15, 0.2) is 0 Å². The highest BCUT2D eigenvalue weighted by atomic mass is 15.2. The van der Waals surface area contributed by atoms with Crippen molar-refractivity contribution in [3.8, 4) is 0 Å². The van der Waals surface area contributed by atoms with E-state index >= 15 is 0 Å². The second kappa shape index (κ2) is 5.99. The van der Waals surface area contributed by atoms with E-state index in [2.05, 4.69) is 29.1 Å². The van der Waals surface area contributed by atoms with E-state index in [9.17, 15) is 0 Å². The van der Waals surface area contributed by atoms with Crippen LogP contribution in [-0.2, 0) is 0 Å². The number of hydrogen-bond acceptors (Lipinski definition) is 3. The monoisotopic (exact) mass is 225 g/mol. The molecule has 94 valence electrons. The average molecular weight is 225 g/mol. The molecule has 2 saturated heterocycles. The molecule has 0 bridgehead atoms. The molecule has 1 N–H and O–H groups in total. The summed E-state index contributed by atoms with van der Waals surface area (Å²) < 4.78 is 0. The van der Waals surface area contributed by atoms with Crippen molar-refractivity contribution in [2.45, 2.75) is 44.7 Å². The van der Waals surface area contributed by atoms with Crippen LogP contribution in [0.15, 0.2) is 0 Å². The van der Waals surface area contributed by atoms with Crippen LogP contribution in [0.4, 0.5) is 0 Å². The van der Waals surface area contributed by atoms with Gasteiger partial charge in [-0.1, -0.05) is 6.92 Å². The lowest BCUT2D eigenvalue weighted by Crippen LogP contribution is -2.51. The Hall–Kier alpha value is -0.120. The Bertz CT molecular complexity index is 193. The van der Waals surface area contributed by atoms with Crippen molar-refractivity contribution in [2.75, 3.05) is 39.8 Å². The summed E-state index contributed by atoms with van der Waals surface area (Å²) in [5.74, 6) is 0. The smallest absolute Gasteiger partial charge is 0.0221 e. The molecule has 0 aromatic heterocycles. The van der Waals surface area contributed by atoms with Crippen molar-refractivity contribution in [1.29, 1.82) is 0 Å². The van der Waals surface area contributed by atoms with Gasteiger partial charge in [-0.15, -0.1) is 0 Å². The van der Waals surface area contributed by atoms with Gasteiger partial charge < -0.3 is 10.2 Å². The van der Waals surface area contributed by atoms with Crippen LogP contribution < -0.4 is 5.32 Å². The van der Waals surface area contributed by atoms with E-state index in [0.717, 1.165) is 12.1 Å². The van der Waals surface area contributed by atoms with Gasteiger partial charge in [-0.25, -0.2) is 0 Å². The zero-order chi connectivity index (χ0) is 11.4. The van der Waals surface area contributed by atoms with Crippen molar-refractivity contribution >= 4 is 0 Å². The van der Waals surface area contributed by atoms with E-state index in [0.29, 0.717) is 0 Å². The Balaban J connectivity index is 1.78. The molecule has 0 amide bonds. The summed E-state index contributed by atoms with van der Waals surface area (Å²) in [5, 5.41) is 3.52. The maximum Gasteiger partial charge on any atom is 0.0221 e. The minimum atomic E-state index is 0.784. The molecule has 3 heteroatoms. The largest absolute Gasteiger partial charge is 0.315 e. The number of nitrogens with zero attached hydrogens (tertiary/aromatic N) is 2. The Morgan fingerprint density at radius 3 is 2.50 bits per heavy atom. The quantitative estimate of drug-likeness (QED) is 0.777. The predicted octanol–water partition coefficient (Wildman–Crippen LogP) is 1.15. The lowest BCUT2D eigenvalue weighted by Gasteiger charge is -2.41. The summed E-state index contributed by atoms with van der Waals surface area (Å²) in [4.78, 5) is 5.22.